The second kappa shape index (κ2) is 64.9. The number of rotatable bonds is 65. The van der Waals surface area contributed by atoms with E-state index < -0.39 is 20.0 Å². The van der Waals surface area contributed by atoms with Gasteiger partial charge in [-0.15, -0.1) is 0 Å². The van der Waals surface area contributed by atoms with Crippen LogP contribution in [-0.2, 0) is 27.9 Å². The Bertz CT molecular complexity index is 1790. The van der Waals surface area contributed by atoms with E-state index in [9.17, 15) is 19.0 Å². The Morgan fingerprint density at radius 1 is 0.419 bits per heavy atom. The molecule has 0 spiro atoms. The zero-order valence-electron chi connectivity index (χ0n) is 57.0. The molecule has 0 aliphatic rings. The molecule has 1 amide bonds. The summed E-state index contributed by atoms with van der Waals surface area (Å²) in [6.45, 7) is 6.88. The minimum Gasteiger partial charge on any atom is -0.456 e. The fraction of sp³-hybridized carbons (Fsp3) is 0.763. The highest BCUT2D eigenvalue weighted by molar-refractivity contribution is 7.47. The first-order valence-corrected chi connectivity index (χ1v) is 37.6. The number of phosphoric acid groups is 1. The molecule has 0 aliphatic heterocycles. The molecule has 0 aromatic carbocycles. The average Bonchev–Trinajstić information content (AvgIpc) is 3.66. The molecule has 0 rings (SSSR count). The van der Waals surface area contributed by atoms with Gasteiger partial charge in [-0.2, -0.15) is 0 Å². The van der Waals surface area contributed by atoms with Crippen molar-refractivity contribution < 1.29 is 37.3 Å². The Hall–Kier alpha value is -3.07. The molecule has 0 saturated carbocycles. The van der Waals surface area contributed by atoms with Crippen LogP contribution in [0, 0.1) is 0 Å². The van der Waals surface area contributed by atoms with E-state index in [1.54, 1.807) is 0 Å². The third kappa shape index (κ3) is 65.4. The van der Waals surface area contributed by atoms with E-state index in [-0.39, 0.29) is 37.9 Å². The van der Waals surface area contributed by atoms with Gasteiger partial charge >= 0.3 is 13.8 Å². The van der Waals surface area contributed by atoms with Crippen molar-refractivity contribution in [1.29, 1.82) is 0 Å². The third-order valence-corrected chi connectivity index (χ3v) is 16.7. The van der Waals surface area contributed by atoms with Crippen molar-refractivity contribution in [2.24, 2.45) is 0 Å². The molecule has 3 atom stereocenters. The minimum atomic E-state index is -4.47. The van der Waals surface area contributed by atoms with Gasteiger partial charge < -0.3 is 19.4 Å². The van der Waals surface area contributed by atoms with Gasteiger partial charge in [0, 0.05) is 12.8 Å². The second-order valence-corrected chi connectivity index (χ2v) is 26.8. The highest BCUT2D eigenvalue weighted by atomic mass is 31.2. The van der Waals surface area contributed by atoms with Crippen LogP contribution in [0.4, 0.5) is 0 Å². The lowest BCUT2D eigenvalue weighted by Crippen LogP contribution is -2.47. The molecule has 0 heterocycles. The maximum absolute atomic E-state index is 13.6. The summed E-state index contributed by atoms with van der Waals surface area (Å²) in [6.07, 6.45) is 88.7. The largest absolute Gasteiger partial charge is 0.472 e. The summed E-state index contributed by atoms with van der Waals surface area (Å²) in [5.41, 5.74) is 0. The molecule has 0 bridgehead atoms. The van der Waals surface area contributed by atoms with Gasteiger partial charge in [0.2, 0.25) is 5.91 Å². The van der Waals surface area contributed by atoms with Crippen LogP contribution in [-0.4, -0.2) is 74.3 Å². The zero-order valence-corrected chi connectivity index (χ0v) is 57.9. The van der Waals surface area contributed by atoms with E-state index in [0.717, 1.165) is 89.9 Å². The van der Waals surface area contributed by atoms with Crippen LogP contribution in [0.5, 0.6) is 0 Å². The Labute approximate surface area is 532 Å². The number of nitrogens with zero attached hydrogens (tertiary/aromatic N) is 1. The molecule has 0 saturated heterocycles. The number of unbranched alkanes of at least 4 members (excludes halogenated alkanes) is 35. The zero-order chi connectivity index (χ0) is 62.8. The number of quaternary nitrogens is 1. The monoisotopic (exact) mass is 1220 g/mol. The van der Waals surface area contributed by atoms with Crippen molar-refractivity contribution >= 4 is 19.7 Å². The van der Waals surface area contributed by atoms with Gasteiger partial charge in [0.25, 0.3) is 0 Å². The van der Waals surface area contributed by atoms with E-state index in [2.05, 4.69) is 111 Å². The van der Waals surface area contributed by atoms with Gasteiger partial charge in [-0.25, -0.2) is 4.57 Å². The lowest BCUT2D eigenvalue weighted by molar-refractivity contribution is -0.870. The number of ether oxygens (including phenoxy) is 1. The Balaban J connectivity index is 5.08. The normalized spacial score (nSPS) is 14.1. The SMILES string of the molecule is CC/C=C\C/C=C\C/C=C\C/C=C\C/C=C\C/C=C\CCCCC(=O)NC(COP(=O)(O)OCC[N+](C)(C)C)C(/C=C\CCCCCCCCCCCC)OC(=O)CCCCCCCCCCCCCCCCCCC/C=C/CCCCCCCC. The molecule has 0 fully saturated rings. The van der Waals surface area contributed by atoms with Crippen LogP contribution in [0.25, 0.3) is 0 Å². The molecule has 86 heavy (non-hydrogen) atoms. The van der Waals surface area contributed by atoms with Crippen LogP contribution in [0.1, 0.15) is 323 Å². The first kappa shape index (κ1) is 82.9. The molecule has 0 aromatic heterocycles. The van der Waals surface area contributed by atoms with Gasteiger partial charge in [-0.05, 0) is 109 Å². The van der Waals surface area contributed by atoms with E-state index in [1.807, 2.05) is 33.3 Å². The lowest BCUT2D eigenvalue weighted by atomic mass is 10.0. The number of amides is 1. The molecular formula is C76H138N2O7P+. The summed E-state index contributed by atoms with van der Waals surface area (Å²) in [5.74, 6) is -0.550. The van der Waals surface area contributed by atoms with Crippen molar-refractivity contribution in [2.45, 2.75) is 335 Å². The van der Waals surface area contributed by atoms with Crippen molar-refractivity contribution in [1.82, 2.24) is 5.32 Å². The van der Waals surface area contributed by atoms with Crippen molar-refractivity contribution in [3.8, 4) is 0 Å². The third-order valence-electron chi connectivity index (χ3n) is 15.8. The fourth-order valence-electron chi connectivity index (χ4n) is 10.2. The van der Waals surface area contributed by atoms with E-state index in [4.69, 9.17) is 13.8 Å². The van der Waals surface area contributed by atoms with Gasteiger partial charge in [0.1, 0.15) is 19.3 Å². The quantitative estimate of drug-likeness (QED) is 0.0205. The highest BCUT2D eigenvalue weighted by Crippen LogP contribution is 2.43. The van der Waals surface area contributed by atoms with Crippen LogP contribution in [0.15, 0.2) is 97.2 Å². The number of allylic oxidation sites excluding steroid dienone is 15. The van der Waals surface area contributed by atoms with Gasteiger partial charge in [0.15, 0.2) is 0 Å². The molecule has 2 N–H and O–H groups in total. The van der Waals surface area contributed by atoms with Crippen molar-refractivity contribution in [2.75, 3.05) is 40.9 Å². The van der Waals surface area contributed by atoms with E-state index in [0.29, 0.717) is 17.4 Å². The number of carbonyl (C=O) groups excluding carboxylic acids is 2. The molecule has 0 radical (unpaired) electrons. The number of hydrogen-bond acceptors (Lipinski definition) is 6. The van der Waals surface area contributed by atoms with Crippen molar-refractivity contribution in [3.05, 3.63) is 97.2 Å². The average molecular weight is 1220 g/mol. The molecule has 0 aromatic rings. The van der Waals surface area contributed by atoms with Crippen LogP contribution < -0.4 is 5.32 Å². The predicted molar refractivity (Wildman–Crippen MR) is 374 cm³/mol. The summed E-state index contributed by atoms with van der Waals surface area (Å²) in [6, 6.07) is -0.877. The predicted octanol–water partition coefficient (Wildman–Crippen LogP) is 23.1. The molecule has 498 valence electrons. The molecule has 9 nitrogen and oxygen atoms in total. The number of phosphoric ester groups is 1. The Kier molecular flexibility index (Phi) is 62.6. The summed E-state index contributed by atoms with van der Waals surface area (Å²) in [4.78, 5) is 37.9. The molecule has 3 unspecified atom stereocenters. The first-order valence-electron chi connectivity index (χ1n) is 36.1. The summed E-state index contributed by atoms with van der Waals surface area (Å²) in [5, 5.41) is 3.04. The maximum atomic E-state index is 13.6. The van der Waals surface area contributed by atoms with E-state index >= 15 is 0 Å². The van der Waals surface area contributed by atoms with Gasteiger partial charge in [-0.3, -0.25) is 18.6 Å². The topological polar surface area (TPSA) is 111 Å². The van der Waals surface area contributed by atoms with Crippen LogP contribution in [0.2, 0.25) is 0 Å². The van der Waals surface area contributed by atoms with Gasteiger partial charge in [0.05, 0.1) is 33.8 Å². The van der Waals surface area contributed by atoms with Crippen LogP contribution in [0.3, 0.4) is 0 Å². The van der Waals surface area contributed by atoms with Crippen LogP contribution >= 0.6 is 7.82 Å². The van der Waals surface area contributed by atoms with E-state index in [1.165, 1.54) is 193 Å². The number of likely N-dealkylation sites (N-methyl/N-ethyl adjacent to an activating group) is 1. The number of esters is 1. The first-order chi connectivity index (χ1) is 41.9. The Morgan fingerprint density at radius 3 is 1.14 bits per heavy atom. The molecule has 10 heteroatoms. The number of carbonyl (C=O) groups is 2. The molecular weight excluding hydrogens is 1080 g/mol. The summed E-state index contributed by atoms with van der Waals surface area (Å²) >= 11 is 0. The second-order valence-electron chi connectivity index (χ2n) is 25.4. The molecule has 0 aliphatic carbocycles. The summed E-state index contributed by atoms with van der Waals surface area (Å²) in [7, 11) is 1.46. The minimum absolute atomic E-state index is 0.0285. The highest BCUT2D eigenvalue weighted by Gasteiger charge is 2.30. The lowest BCUT2D eigenvalue weighted by Gasteiger charge is -2.27. The summed E-state index contributed by atoms with van der Waals surface area (Å²) < 4.78 is 30.8. The van der Waals surface area contributed by atoms with Crippen molar-refractivity contribution in [3.63, 3.8) is 0 Å². The standard InChI is InChI=1S/C76H137N2O7P/c1-7-10-13-16-19-22-25-28-30-32-34-36-37-38-39-40-41-43-45-47-49-51-54-57-60-63-66-69-76(80)85-74(67-64-61-58-55-52-27-24-21-18-15-12-9-3)73(72-84-86(81,82)83-71-70-78(4,5)6)77-75(79)68-65-62-59-56-53-50-48-46-44-42-35-33-31-29-26-23-20-17-14-11-8-2/h11,14,20,23,28-31,35,42,46,48,53,56,64,67,73-74H,7-10,12-13,15-19,21-22,24-27,32-34,36-41,43-45,47,49-52,54-55,57-63,65-66,68-72H2,1-6H3,(H-,77,79,81,82)/p+1/b14-11-,23-20-,30-28+,31-29-,42-35-,48-46-,56-53-,67-64-. The van der Waals surface area contributed by atoms with Gasteiger partial charge in [-0.1, -0.05) is 298 Å². The fourth-order valence-corrected chi connectivity index (χ4v) is 11.0. The Morgan fingerprint density at radius 2 is 0.744 bits per heavy atom. The smallest absolute Gasteiger partial charge is 0.456 e. The maximum Gasteiger partial charge on any atom is 0.472 e. The number of nitrogens with one attached hydrogen (secondary N) is 1. The number of hydrogen-bond donors (Lipinski definition) is 2.